The molecule has 2 rings (SSSR count). The molecular formula is C10H10N2O4S. The third-order valence-electron chi connectivity index (χ3n) is 2.19. The molecule has 7 heteroatoms. The molecule has 0 radical (unpaired) electrons. The number of hydrogen-bond acceptors (Lipinski definition) is 6. The first-order valence-corrected chi connectivity index (χ1v) is 6.18. The molecule has 0 bridgehead atoms. The van der Waals surface area contributed by atoms with E-state index in [9.17, 15) is 13.5 Å². The number of hydrogen-bond donors (Lipinski definition) is 2. The molecule has 0 aromatic heterocycles. The summed E-state index contributed by atoms with van der Waals surface area (Å²) in [5, 5.41) is 8.98. The maximum absolute atomic E-state index is 11.5. The summed E-state index contributed by atoms with van der Waals surface area (Å²) in [5.74, 6) is 0.145. The molecule has 3 N–H and O–H groups in total. The van der Waals surface area contributed by atoms with E-state index in [1.807, 2.05) is 0 Å². The van der Waals surface area contributed by atoms with E-state index in [4.69, 9.17) is 10.5 Å². The second kappa shape index (κ2) is 4.10. The van der Waals surface area contributed by atoms with Gasteiger partial charge in [0, 0.05) is 6.20 Å². The van der Waals surface area contributed by atoms with Crippen molar-refractivity contribution in [2.24, 2.45) is 10.7 Å². The summed E-state index contributed by atoms with van der Waals surface area (Å²) >= 11 is 0. The highest BCUT2D eigenvalue weighted by molar-refractivity contribution is 8.09. The fourth-order valence-electron chi connectivity index (χ4n) is 1.25. The zero-order valence-electron chi connectivity index (χ0n) is 8.70. The zero-order chi connectivity index (χ0) is 12.5. The topological polar surface area (TPSA) is 102 Å². The van der Waals surface area contributed by atoms with Gasteiger partial charge in [-0.05, 0) is 12.1 Å². The number of nitrogens with two attached hydrogens (primary N) is 1. The molecule has 0 unspecified atom stereocenters. The van der Waals surface area contributed by atoms with Crippen LogP contribution in [0.1, 0.15) is 0 Å². The van der Waals surface area contributed by atoms with Crippen molar-refractivity contribution in [3.63, 3.8) is 0 Å². The molecule has 0 atom stereocenters. The number of sulfone groups is 1. The molecule has 90 valence electrons. The van der Waals surface area contributed by atoms with E-state index in [1.54, 1.807) is 12.1 Å². The van der Waals surface area contributed by atoms with Gasteiger partial charge in [-0.25, -0.2) is 13.4 Å². The molecule has 17 heavy (non-hydrogen) atoms. The summed E-state index contributed by atoms with van der Waals surface area (Å²) in [6.07, 6.45) is 1.14. The third-order valence-corrected chi connectivity index (χ3v) is 3.76. The first kappa shape index (κ1) is 11.5. The van der Waals surface area contributed by atoms with Crippen LogP contribution in [0.2, 0.25) is 0 Å². The van der Waals surface area contributed by atoms with E-state index in [1.165, 1.54) is 12.1 Å². The van der Waals surface area contributed by atoms with Gasteiger partial charge in [0.15, 0.2) is 11.5 Å². The average molecular weight is 254 g/mol. The Kier molecular flexibility index (Phi) is 2.76. The lowest BCUT2D eigenvalue weighted by Gasteiger charge is -2.07. The molecule has 0 saturated heterocycles. The number of nitrogens with zero attached hydrogens (tertiary/aromatic N) is 1. The Morgan fingerprint density at radius 3 is 2.65 bits per heavy atom. The van der Waals surface area contributed by atoms with Crippen LogP contribution in [0.25, 0.3) is 0 Å². The van der Waals surface area contributed by atoms with Crippen LogP contribution < -0.4 is 10.5 Å². The summed E-state index contributed by atoms with van der Waals surface area (Å²) in [7, 11) is -3.67. The molecule has 1 heterocycles. The Balaban J connectivity index is 2.10. The van der Waals surface area contributed by atoms with Crippen LogP contribution >= 0.6 is 0 Å². The molecule has 0 amide bonds. The Morgan fingerprint density at radius 1 is 1.35 bits per heavy atom. The summed E-state index contributed by atoms with van der Waals surface area (Å²) < 4.78 is 28.2. The maximum atomic E-state index is 11.5. The molecule has 1 aliphatic rings. The third kappa shape index (κ3) is 2.09. The highest BCUT2D eigenvalue weighted by Gasteiger charge is 2.27. The Labute approximate surface area is 98.0 Å². The van der Waals surface area contributed by atoms with Gasteiger partial charge in [0.2, 0.25) is 15.0 Å². The van der Waals surface area contributed by atoms with Crippen LogP contribution in [0.15, 0.2) is 40.4 Å². The van der Waals surface area contributed by atoms with Crippen LogP contribution in [-0.4, -0.2) is 25.3 Å². The normalized spacial score (nSPS) is 17.4. The smallest absolute Gasteiger partial charge is 0.240 e. The van der Waals surface area contributed by atoms with Crippen molar-refractivity contribution in [3.8, 4) is 11.5 Å². The molecule has 6 nitrogen and oxygen atoms in total. The van der Waals surface area contributed by atoms with Gasteiger partial charge in [-0.15, -0.1) is 0 Å². The van der Waals surface area contributed by atoms with Gasteiger partial charge in [0.1, 0.15) is 11.5 Å². The number of para-hydroxylation sites is 2. The van der Waals surface area contributed by atoms with Gasteiger partial charge in [-0.3, -0.25) is 0 Å². The molecule has 1 aromatic carbocycles. The lowest BCUT2D eigenvalue weighted by Crippen LogP contribution is -2.23. The second-order valence-corrected chi connectivity index (χ2v) is 5.27. The van der Waals surface area contributed by atoms with Crippen molar-refractivity contribution >= 4 is 15.0 Å². The molecular weight excluding hydrogens is 244 g/mol. The van der Waals surface area contributed by atoms with E-state index in [2.05, 4.69) is 4.99 Å². The zero-order valence-corrected chi connectivity index (χ0v) is 9.52. The van der Waals surface area contributed by atoms with Crippen LogP contribution in [0.3, 0.4) is 0 Å². The number of phenols is 1. The molecule has 0 aliphatic carbocycles. The van der Waals surface area contributed by atoms with Crippen molar-refractivity contribution < 1.29 is 18.3 Å². The second-order valence-electron chi connectivity index (χ2n) is 3.32. The predicted octanol–water partition coefficient (Wildman–Crippen LogP) is 0.356. The van der Waals surface area contributed by atoms with E-state index in [-0.39, 0.29) is 23.0 Å². The largest absolute Gasteiger partial charge is 0.504 e. The minimum absolute atomic E-state index is 0.0294. The highest BCUT2D eigenvalue weighted by atomic mass is 32.2. The molecule has 1 aromatic rings. The van der Waals surface area contributed by atoms with Gasteiger partial charge in [-0.1, -0.05) is 12.1 Å². The van der Waals surface area contributed by atoms with E-state index in [0.717, 1.165) is 6.20 Å². The number of rotatable bonds is 3. The Bertz CT molecular complexity index is 604. The van der Waals surface area contributed by atoms with Crippen molar-refractivity contribution in [2.75, 3.05) is 6.61 Å². The molecule has 1 aliphatic heterocycles. The predicted molar refractivity (Wildman–Crippen MR) is 62.2 cm³/mol. The van der Waals surface area contributed by atoms with E-state index >= 15 is 0 Å². The number of benzene rings is 1. The lowest BCUT2D eigenvalue weighted by molar-refractivity contribution is 0.332. The minimum atomic E-state index is -3.67. The van der Waals surface area contributed by atoms with Crippen LogP contribution in [0, 0.1) is 0 Å². The quantitative estimate of drug-likeness (QED) is 0.810. The van der Waals surface area contributed by atoms with Crippen molar-refractivity contribution in [1.29, 1.82) is 0 Å². The molecule has 0 fully saturated rings. The fraction of sp³-hybridized carbons (Fsp3) is 0.100. The monoisotopic (exact) mass is 254 g/mol. The first-order chi connectivity index (χ1) is 8.01. The number of ether oxygens (including phenoxy) is 1. The summed E-state index contributed by atoms with van der Waals surface area (Å²) in [5.41, 5.74) is 5.21. The Hall–Kier alpha value is -2.02. The van der Waals surface area contributed by atoms with Gasteiger partial charge in [-0.2, -0.15) is 0 Å². The number of aromatic hydroxyl groups is 1. The SMILES string of the molecule is NC1=NC=C(COc2ccccc2O)S1(=O)=O. The van der Waals surface area contributed by atoms with E-state index < -0.39 is 15.0 Å². The van der Waals surface area contributed by atoms with Crippen molar-refractivity contribution in [1.82, 2.24) is 0 Å². The van der Waals surface area contributed by atoms with Crippen LogP contribution in [-0.2, 0) is 9.84 Å². The highest BCUT2D eigenvalue weighted by Crippen LogP contribution is 2.26. The summed E-state index contributed by atoms with van der Waals surface area (Å²) in [6, 6.07) is 6.27. The summed E-state index contributed by atoms with van der Waals surface area (Å²) in [6.45, 7) is -0.218. The molecule has 0 spiro atoms. The molecule has 0 saturated carbocycles. The fourth-order valence-corrected chi connectivity index (χ4v) is 2.12. The van der Waals surface area contributed by atoms with Gasteiger partial charge in [0.05, 0.1) is 0 Å². The van der Waals surface area contributed by atoms with Gasteiger partial charge < -0.3 is 15.6 Å². The van der Waals surface area contributed by atoms with Crippen molar-refractivity contribution in [3.05, 3.63) is 35.4 Å². The summed E-state index contributed by atoms with van der Waals surface area (Å²) in [4.78, 5) is 3.48. The van der Waals surface area contributed by atoms with E-state index in [0.29, 0.717) is 0 Å². The first-order valence-electron chi connectivity index (χ1n) is 4.70. The average Bonchev–Trinajstić information content (AvgIpc) is 2.54. The van der Waals surface area contributed by atoms with Gasteiger partial charge >= 0.3 is 0 Å². The van der Waals surface area contributed by atoms with Crippen molar-refractivity contribution in [2.45, 2.75) is 0 Å². The minimum Gasteiger partial charge on any atom is -0.504 e. The standard InChI is InChI=1S/C10H10N2O4S/c11-10-12-5-7(17(10,14)15)6-16-9-4-2-1-3-8(9)13/h1-5,13H,6H2,(H2,11,12). The lowest BCUT2D eigenvalue weighted by atomic mass is 10.3. The Morgan fingerprint density at radius 2 is 2.06 bits per heavy atom. The number of aliphatic imine (C=N–C) groups is 1. The number of amidine groups is 1. The van der Waals surface area contributed by atoms with Crippen LogP contribution in [0.5, 0.6) is 11.5 Å². The maximum Gasteiger partial charge on any atom is 0.240 e. The number of phenolic OH excluding ortho intramolecular Hbond substituents is 1. The van der Waals surface area contributed by atoms with Crippen LogP contribution in [0.4, 0.5) is 0 Å². The van der Waals surface area contributed by atoms with Gasteiger partial charge in [0.25, 0.3) is 0 Å².